The van der Waals surface area contributed by atoms with E-state index in [1.165, 1.54) is 6.07 Å². The molecule has 0 aliphatic heterocycles. The van der Waals surface area contributed by atoms with E-state index in [-0.39, 0.29) is 11.3 Å². The van der Waals surface area contributed by atoms with Crippen molar-refractivity contribution in [3.05, 3.63) is 23.8 Å². The maximum atomic E-state index is 10.7. The second-order valence-corrected chi connectivity index (χ2v) is 3.41. The molecule has 84 valence electrons. The van der Waals surface area contributed by atoms with Crippen LogP contribution in [0.1, 0.15) is 16.8 Å². The lowest BCUT2D eigenvalue weighted by Gasteiger charge is -2.18. The molecule has 0 saturated heterocycles. The molecule has 5 nitrogen and oxygen atoms in total. The molecule has 0 unspecified atom stereocenters. The number of hydrogen-bond donors (Lipinski definition) is 2. The number of aromatic carboxylic acids is 1. The van der Waals surface area contributed by atoms with Gasteiger partial charge in [-0.2, -0.15) is 5.26 Å². The minimum absolute atomic E-state index is 0.0948. The van der Waals surface area contributed by atoms with Gasteiger partial charge >= 0.3 is 5.97 Å². The van der Waals surface area contributed by atoms with Gasteiger partial charge in [-0.1, -0.05) is 0 Å². The molecule has 5 heteroatoms. The maximum Gasteiger partial charge on any atom is 0.337 e. The molecular weight excluding hydrogens is 206 g/mol. The highest BCUT2D eigenvalue weighted by Crippen LogP contribution is 2.20. The Morgan fingerprint density at radius 2 is 2.31 bits per heavy atom. The number of nitrogens with zero attached hydrogens (tertiary/aromatic N) is 2. The summed E-state index contributed by atoms with van der Waals surface area (Å²) in [5.41, 5.74) is 6.74. The van der Waals surface area contributed by atoms with E-state index >= 15 is 0 Å². The molecule has 1 aromatic rings. The Morgan fingerprint density at radius 1 is 1.62 bits per heavy atom. The van der Waals surface area contributed by atoms with Gasteiger partial charge in [-0.05, 0) is 18.2 Å². The van der Waals surface area contributed by atoms with E-state index in [1.807, 2.05) is 18.0 Å². The second kappa shape index (κ2) is 5.03. The van der Waals surface area contributed by atoms with Gasteiger partial charge in [0.15, 0.2) is 0 Å². The average molecular weight is 219 g/mol. The predicted molar refractivity (Wildman–Crippen MR) is 61.3 cm³/mol. The first-order valence-corrected chi connectivity index (χ1v) is 4.77. The topological polar surface area (TPSA) is 90.3 Å². The molecule has 0 amide bonds. The van der Waals surface area contributed by atoms with E-state index in [4.69, 9.17) is 16.1 Å². The van der Waals surface area contributed by atoms with Crippen LogP contribution < -0.4 is 10.6 Å². The van der Waals surface area contributed by atoms with Crippen molar-refractivity contribution in [2.75, 3.05) is 24.2 Å². The van der Waals surface area contributed by atoms with E-state index in [1.54, 1.807) is 12.1 Å². The summed E-state index contributed by atoms with van der Waals surface area (Å²) >= 11 is 0. The summed E-state index contributed by atoms with van der Waals surface area (Å²) in [6, 6.07) is 6.79. The van der Waals surface area contributed by atoms with E-state index in [2.05, 4.69) is 0 Å². The van der Waals surface area contributed by atoms with Crippen LogP contribution in [0, 0.1) is 11.3 Å². The molecule has 0 fully saturated rings. The summed E-state index contributed by atoms with van der Waals surface area (Å²) in [6.07, 6.45) is 0.414. The van der Waals surface area contributed by atoms with Crippen LogP contribution in [0.3, 0.4) is 0 Å². The number of nitriles is 1. The highest BCUT2D eigenvalue weighted by atomic mass is 16.4. The van der Waals surface area contributed by atoms with Gasteiger partial charge in [0.1, 0.15) is 0 Å². The molecule has 0 saturated carbocycles. The zero-order valence-corrected chi connectivity index (χ0v) is 8.97. The molecule has 0 aliphatic rings. The first kappa shape index (κ1) is 11.9. The van der Waals surface area contributed by atoms with E-state index < -0.39 is 5.97 Å². The molecule has 16 heavy (non-hydrogen) atoms. The first-order chi connectivity index (χ1) is 7.56. The molecule has 1 aromatic carbocycles. The molecule has 0 radical (unpaired) electrons. The van der Waals surface area contributed by atoms with Crippen molar-refractivity contribution >= 4 is 17.3 Å². The molecule has 0 spiro atoms. The smallest absolute Gasteiger partial charge is 0.337 e. The second-order valence-electron chi connectivity index (χ2n) is 3.41. The van der Waals surface area contributed by atoms with Gasteiger partial charge in [-0.25, -0.2) is 4.79 Å². The van der Waals surface area contributed by atoms with Crippen LogP contribution in [-0.2, 0) is 0 Å². The first-order valence-electron chi connectivity index (χ1n) is 4.77. The normalized spacial score (nSPS) is 9.50. The number of hydrogen-bond acceptors (Lipinski definition) is 4. The van der Waals surface area contributed by atoms with E-state index in [9.17, 15) is 4.79 Å². The lowest BCUT2D eigenvalue weighted by molar-refractivity contribution is 0.0698. The molecule has 1 rings (SSSR count). The van der Waals surface area contributed by atoms with Crippen molar-refractivity contribution in [2.45, 2.75) is 6.42 Å². The third-order valence-electron chi connectivity index (χ3n) is 2.27. The SMILES string of the molecule is CN(CCC#N)c1ccc(C(=O)O)c(N)c1. The summed E-state index contributed by atoms with van der Waals surface area (Å²) in [5, 5.41) is 17.3. The Balaban J connectivity index is 2.89. The zero-order chi connectivity index (χ0) is 12.1. The van der Waals surface area contributed by atoms with Crippen LogP contribution in [0.5, 0.6) is 0 Å². The van der Waals surface area contributed by atoms with Crippen LogP contribution in [0.4, 0.5) is 11.4 Å². The number of benzene rings is 1. The number of carboxylic acid groups (broad SMARTS) is 1. The Labute approximate surface area is 93.7 Å². The molecule has 0 atom stereocenters. The lowest BCUT2D eigenvalue weighted by atomic mass is 10.1. The monoisotopic (exact) mass is 219 g/mol. The quantitative estimate of drug-likeness (QED) is 0.745. The van der Waals surface area contributed by atoms with Gasteiger partial charge in [0.05, 0.1) is 18.1 Å². The molecule has 3 N–H and O–H groups in total. The van der Waals surface area contributed by atoms with Gasteiger partial charge in [0.2, 0.25) is 0 Å². The van der Waals surface area contributed by atoms with Crippen molar-refractivity contribution in [2.24, 2.45) is 0 Å². The number of carbonyl (C=O) groups is 1. The van der Waals surface area contributed by atoms with Gasteiger partial charge in [-0.15, -0.1) is 0 Å². The maximum absolute atomic E-state index is 10.7. The van der Waals surface area contributed by atoms with Crippen LogP contribution in [0.2, 0.25) is 0 Å². The van der Waals surface area contributed by atoms with Crippen LogP contribution in [0.25, 0.3) is 0 Å². The summed E-state index contributed by atoms with van der Waals surface area (Å²) in [4.78, 5) is 12.6. The number of nitrogens with two attached hydrogens (primary N) is 1. The predicted octanol–water partition coefficient (Wildman–Crippen LogP) is 1.32. The number of anilines is 2. The molecule has 0 bridgehead atoms. The minimum atomic E-state index is -1.04. The Kier molecular flexibility index (Phi) is 3.72. The third kappa shape index (κ3) is 2.64. The Bertz CT molecular complexity index is 437. The fourth-order valence-electron chi connectivity index (χ4n) is 1.33. The highest BCUT2D eigenvalue weighted by Gasteiger charge is 2.09. The summed E-state index contributed by atoms with van der Waals surface area (Å²) in [5.74, 6) is -1.04. The largest absolute Gasteiger partial charge is 0.478 e. The van der Waals surface area contributed by atoms with Crippen molar-refractivity contribution < 1.29 is 9.90 Å². The minimum Gasteiger partial charge on any atom is -0.478 e. The summed E-state index contributed by atoms with van der Waals surface area (Å²) in [7, 11) is 1.83. The van der Waals surface area contributed by atoms with Crippen molar-refractivity contribution in [3.63, 3.8) is 0 Å². The van der Waals surface area contributed by atoms with Crippen LogP contribution in [-0.4, -0.2) is 24.7 Å². The van der Waals surface area contributed by atoms with Gasteiger partial charge < -0.3 is 15.7 Å². The van der Waals surface area contributed by atoms with Gasteiger partial charge in [-0.3, -0.25) is 0 Å². The molecule has 0 aliphatic carbocycles. The lowest BCUT2D eigenvalue weighted by Crippen LogP contribution is -2.18. The fraction of sp³-hybridized carbons (Fsp3) is 0.273. The van der Waals surface area contributed by atoms with E-state index in [0.29, 0.717) is 13.0 Å². The standard InChI is InChI=1S/C11H13N3O2/c1-14(6-2-5-12)8-3-4-9(11(15)16)10(13)7-8/h3-4,7H,2,6,13H2,1H3,(H,15,16). The number of nitrogen functional groups attached to an aromatic ring is 1. The third-order valence-corrected chi connectivity index (χ3v) is 2.27. The van der Waals surface area contributed by atoms with E-state index in [0.717, 1.165) is 5.69 Å². The van der Waals surface area contributed by atoms with Crippen LogP contribution >= 0.6 is 0 Å². The zero-order valence-electron chi connectivity index (χ0n) is 8.97. The molecule has 0 heterocycles. The summed E-state index contributed by atoms with van der Waals surface area (Å²) < 4.78 is 0. The fourth-order valence-corrected chi connectivity index (χ4v) is 1.33. The van der Waals surface area contributed by atoms with Crippen molar-refractivity contribution in [1.29, 1.82) is 5.26 Å². The highest BCUT2D eigenvalue weighted by molar-refractivity contribution is 5.94. The van der Waals surface area contributed by atoms with Crippen LogP contribution in [0.15, 0.2) is 18.2 Å². The van der Waals surface area contributed by atoms with Gasteiger partial charge in [0, 0.05) is 25.0 Å². The molecular formula is C11H13N3O2. The Morgan fingerprint density at radius 3 is 2.81 bits per heavy atom. The Hall–Kier alpha value is -2.22. The average Bonchev–Trinajstić information content (AvgIpc) is 2.25. The van der Waals surface area contributed by atoms with Gasteiger partial charge in [0.25, 0.3) is 0 Å². The van der Waals surface area contributed by atoms with Crippen molar-refractivity contribution in [1.82, 2.24) is 0 Å². The number of rotatable bonds is 4. The van der Waals surface area contributed by atoms with Crippen molar-refractivity contribution in [3.8, 4) is 6.07 Å². The summed E-state index contributed by atoms with van der Waals surface area (Å²) in [6.45, 7) is 0.586. The number of carboxylic acids is 1. The molecule has 0 aromatic heterocycles.